The summed E-state index contributed by atoms with van der Waals surface area (Å²) in [7, 11) is 0. The maximum Gasteiger partial charge on any atom is 0.251 e. The van der Waals surface area contributed by atoms with E-state index in [9.17, 15) is 9.59 Å². The number of carbonyl (C=O) groups excluding carboxylic acids is 2. The van der Waals surface area contributed by atoms with Crippen LogP contribution in [0.4, 0.5) is 5.69 Å². The molecular weight excluding hydrogens is 254 g/mol. The lowest BCUT2D eigenvalue weighted by Gasteiger charge is -2.15. The Balaban J connectivity index is 2.65. The van der Waals surface area contributed by atoms with Crippen molar-refractivity contribution in [2.24, 2.45) is 11.7 Å². The molecule has 0 saturated heterocycles. The Hall–Kier alpha value is -2.14. The van der Waals surface area contributed by atoms with E-state index in [1.807, 2.05) is 13.8 Å². The molecule has 4 N–H and O–H groups in total. The Morgan fingerprint density at radius 1 is 1.30 bits per heavy atom. The van der Waals surface area contributed by atoms with Crippen molar-refractivity contribution in [3.05, 3.63) is 42.5 Å². The zero-order valence-corrected chi connectivity index (χ0v) is 11.8. The van der Waals surface area contributed by atoms with Crippen molar-refractivity contribution in [2.75, 3.05) is 11.9 Å². The van der Waals surface area contributed by atoms with Gasteiger partial charge in [-0.1, -0.05) is 19.9 Å². The van der Waals surface area contributed by atoms with E-state index in [-0.39, 0.29) is 17.7 Å². The number of hydrogen-bond donors (Lipinski definition) is 3. The topological polar surface area (TPSA) is 84.2 Å². The van der Waals surface area contributed by atoms with Gasteiger partial charge in [0.25, 0.3) is 5.91 Å². The summed E-state index contributed by atoms with van der Waals surface area (Å²) in [5.41, 5.74) is 6.90. The van der Waals surface area contributed by atoms with Crippen LogP contribution in [0, 0.1) is 5.92 Å². The predicted octanol–water partition coefficient (Wildman–Crippen LogP) is 1.52. The molecule has 1 rings (SSSR count). The number of nitrogens with one attached hydrogen (secondary N) is 2. The molecule has 0 radical (unpaired) electrons. The van der Waals surface area contributed by atoms with Gasteiger partial charge in [0.05, 0.1) is 6.04 Å². The van der Waals surface area contributed by atoms with E-state index in [0.29, 0.717) is 17.8 Å². The molecule has 5 heteroatoms. The largest absolute Gasteiger partial charge is 0.349 e. The first-order valence-corrected chi connectivity index (χ1v) is 6.51. The molecule has 0 bridgehead atoms. The van der Waals surface area contributed by atoms with Crippen LogP contribution in [0.15, 0.2) is 36.9 Å². The standard InChI is InChI=1S/C15H21N3O2/c1-4-9-17-14(19)11-5-7-12(8-6-11)18-15(20)13(16)10(2)3/h4-8,10,13H,1,9,16H2,2-3H3,(H,17,19)(H,18,20). The van der Waals surface area contributed by atoms with Gasteiger partial charge in [0, 0.05) is 17.8 Å². The summed E-state index contributed by atoms with van der Waals surface area (Å²) >= 11 is 0. The highest BCUT2D eigenvalue weighted by Gasteiger charge is 2.17. The smallest absolute Gasteiger partial charge is 0.251 e. The molecule has 0 aromatic heterocycles. The molecule has 2 amide bonds. The van der Waals surface area contributed by atoms with Gasteiger partial charge in [0.2, 0.25) is 5.91 Å². The molecule has 5 nitrogen and oxygen atoms in total. The van der Waals surface area contributed by atoms with E-state index in [1.54, 1.807) is 30.3 Å². The summed E-state index contributed by atoms with van der Waals surface area (Å²) in [5, 5.41) is 5.40. The second-order valence-electron chi connectivity index (χ2n) is 4.84. The van der Waals surface area contributed by atoms with Crippen molar-refractivity contribution in [2.45, 2.75) is 19.9 Å². The summed E-state index contributed by atoms with van der Waals surface area (Å²) in [4.78, 5) is 23.5. The van der Waals surface area contributed by atoms with Gasteiger partial charge in [0.15, 0.2) is 0 Å². The molecular formula is C15H21N3O2. The molecule has 1 unspecified atom stereocenters. The van der Waals surface area contributed by atoms with Gasteiger partial charge in [-0.05, 0) is 30.2 Å². The van der Waals surface area contributed by atoms with Gasteiger partial charge in [-0.2, -0.15) is 0 Å². The quantitative estimate of drug-likeness (QED) is 0.688. The molecule has 1 aromatic rings. The van der Waals surface area contributed by atoms with Crippen molar-refractivity contribution in [3.63, 3.8) is 0 Å². The molecule has 1 aromatic carbocycles. The third-order valence-electron chi connectivity index (χ3n) is 2.84. The number of anilines is 1. The number of carbonyl (C=O) groups is 2. The molecule has 108 valence electrons. The summed E-state index contributed by atoms with van der Waals surface area (Å²) in [6.07, 6.45) is 1.61. The minimum atomic E-state index is -0.550. The van der Waals surface area contributed by atoms with E-state index >= 15 is 0 Å². The van der Waals surface area contributed by atoms with Gasteiger partial charge < -0.3 is 16.4 Å². The number of hydrogen-bond acceptors (Lipinski definition) is 3. The fourth-order valence-corrected chi connectivity index (χ4v) is 1.50. The van der Waals surface area contributed by atoms with Crippen LogP contribution in [-0.2, 0) is 4.79 Å². The molecule has 0 fully saturated rings. The minimum Gasteiger partial charge on any atom is -0.349 e. The van der Waals surface area contributed by atoms with Crippen molar-refractivity contribution < 1.29 is 9.59 Å². The summed E-state index contributed by atoms with van der Waals surface area (Å²) in [6, 6.07) is 6.09. The second kappa shape index (κ2) is 7.45. The molecule has 0 heterocycles. The normalized spacial score (nSPS) is 11.8. The van der Waals surface area contributed by atoms with Crippen LogP contribution in [0.2, 0.25) is 0 Å². The highest BCUT2D eigenvalue weighted by molar-refractivity contribution is 5.97. The van der Waals surface area contributed by atoms with Crippen molar-refractivity contribution in [3.8, 4) is 0 Å². The van der Waals surface area contributed by atoms with Crippen LogP contribution in [0.1, 0.15) is 24.2 Å². The fourth-order valence-electron chi connectivity index (χ4n) is 1.50. The summed E-state index contributed by atoms with van der Waals surface area (Å²) < 4.78 is 0. The zero-order chi connectivity index (χ0) is 15.1. The highest BCUT2D eigenvalue weighted by Crippen LogP contribution is 2.11. The van der Waals surface area contributed by atoms with E-state index in [4.69, 9.17) is 5.73 Å². The first kappa shape index (κ1) is 15.9. The van der Waals surface area contributed by atoms with Gasteiger partial charge in [-0.3, -0.25) is 9.59 Å². The lowest BCUT2D eigenvalue weighted by atomic mass is 10.0. The van der Waals surface area contributed by atoms with E-state index < -0.39 is 6.04 Å². The Morgan fingerprint density at radius 3 is 2.40 bits per heavy atom. The van der Waals surface area contributed by atoms with Crippen LogP contribution in [0.3, 0.4) is 0 Å². The molecule has 0 aliphatic rings. The second-order valence-corrected chi connectivity index (χ2v) is 4.84. The maximum atomic E-state index is 11.8. The predicted molar refractivity (Wildman–Crippen MR) is 80.4 cm³/mol. The van der Waals surface area contributed by atoms with Crippen LogP contribution in [0.25, 0.3) is 0 Å². The first-order chi connectivity index (χ1) is 9.45. The average molecular weight is 275 g/mol. The van der Waals surface area contributed by atoms with Crippen molar-refractivity contribution in [1.82, 2.24) is 5.32 Å². The van der Waals surface area contributed by atoms with E-state index in [1.165, 1.54) is 0 Å². The number of benzene rings is 1. The fraction of sp³-hybridized carbons (Fsp3) is 0.333. The number of rotatable bonds is 6. The van der Waals surface area contributed by atoms with Crippen molar-refractivity contribution in [1.29, 1.82) is 0 Å². The first-order valence-electron chi connectivity index (χ1n) is 6.51. The third kappa shape index (κ3) is 4.51. The van der Waals surface area contributed by atoms with E-state index in [0.717, 1.165) is 0 Å². The monoisotopic (exact) mass is 275 g/mol. The average Bonchev–Trinajstić information content (AvgIpc) is 2.44. The maximum absolute atomic E-state index is 11.8. The SMILES string of the molecule is C=CCNC(=O)c1ccc(NC(=O)C(N)C(C)C)cc1. The molecule has 1 atom stereocenters. The van der Waals surface area contributed by atoms with Crippen LogP contribution >= 0.6 is 0 Å². The Kier molecular flexibility index (Phi) is 5.93. The Labute approximate surface area is 119 Å². The van der Waals surface area contributed by atoms with Crippen LogP contribution in [-0.4, -0.2) is 24.4 Å². The summed E-state index contributed by atoms with van der Waals surface area (Å²) in [6.45, 7) is 7.72. The zero-order valence-electron chi connectivity index (χ0n) is 11.8. The lowest BCUT2D eigenvalue weighted by molar-refractivity contribution is -0.118. The molecule has 0 spiro atoms. The summed E-state index contributed by atoms with van der Waals surface area (Å²) in [5.74, 6) is -0.343. The number of amides is 2. The molecule has 0 saturated carbocycles. The van der Waals surface area contributed by atoms with Gasteiger partial charge in [-0.15, -0.1) is 6.58 Å². The van der Waals surface area contributed by atoms with Gasteiger partial charge >= 0.3 is 0 Å². The Morgan fingerprint density at radius 2 is 1.90 bits per heavy atom. The highest BCUT2D eigenvalue weighted by atomic mass is 16.2. The molecule has 20 heavy (non-hydrogen) atoms. The lowest BCUT2D eigenvalue weighted by Crippen LogP contribution is -2.39. The van der Waals surface area contributed by atoms with Gasteiger partial charge in [0.1, 0.15) is 0 Å². The van der Waals surface area contributed by atoms with Crippen LogP contribution < -0.4 is 16.4 Å². The van der Waals surface area contributed by atoms with E-state index in [2.05, 4.69) is 17.2 Å². The number of nitrogens with two attached hydrogens (primary N) is 1. The minimum absolute atomic E-state index is 0.0685. The third-order valence-corrected chi connectivity index (χ3v) is 2.84. The Bertz CT molecular complexity index is 480. The van der Waals surface area contributed by atoms with Crippen molar-refractivity contribution >= 4 is 17.5 Å². The van der Waals surface area contributed by atoms with Gasteiger partial charge in [-0.25, -0.2) is 0 Å². The molecule has 0 aliphatic heterocycles. The van der Waals surface area contributed by atoms with Crippen LogP contribution in [0.5, 0.6) is 0 Å². The molecule has 0 aliphatic carbocycles.